The van der Waals surface area contributed by atoms with Crippen LogP contribution < -0.4 is 10.0 Å². The van der Waals surface area contributed by atoms with Crippen molar-refractivity contribution < 1.29 is 13.2 Å². The average molecular weight is 444 g/mol. The SMILES string of the molecule is CN(C)Cc1ccc(CNC(=O)c2ccc(S(=O)(=O)NCc3cccs3)cc2)cc1. The molecular formula is C22H25N3O3S2. The van der Waals surface area contributed by atoms with Gasteiger partial charge in [-0.3, -0.25) is 4.79 Å². The molecule has 2 aromatic carbocycles. The van der Waals surface area contributed by atoms with E-state index in [1.165, 1.54) is 41.2 Å². The van der Waals surface area contributed by atoms with Gasteiger partial charge in [0.25, 0.3) is 5.91 Å². The Hall–Kier alpha value is -2.52. The molecule has 30 heavy (non-hydrogen) atoms. The lowest BCUT2D eigenvalue weighted by atomic mass is 10.1. The van der Waals surface area contributed by atoms with E-state index in [1.54, 1.807) is 0 Å². The highest BCUT2D eigenvalue weighted by atomic mass is 32.2. The largest absolute Gasteiger partial charge is 0.348 e. The van der Waals surface area contributed by atoms with Gasteiger partial charge in [-0.15, -0.1) is 11.3 Å². The van der Waals surface area contributed by atoms with Crippen LogP contribution in [0.3, 0.4) is 0 Å². The van der Waals surface area contributed by atoms with Gasteiger partial charge in [0.15, 0.2) is 0 Å². The van der Waals surface area contributed by atoms with E-state index in [0.29, 0.717) is 12.1 Å². The van der Waals surface area contributed by atoms with E-state index in [2.05, 4.69) is 14.9 Å². The zero-order valence-electron chi connectivity index (χ0n) is 17.0. The highest BCUT2D eigenvalue weighted by molar-refractivity contribution is 7.89. The summed E-state index contributed by atoms with van der Waals surface area (Å²) in [6, 6.07) is 17.8. The predicted octanol–water partition coefficient (Wildman–Crippen LogP) is 3.22. The van der Waals surface area contributed by atoms with Gasteiger partial charge in [0, 0.05) is 30.1 Å². The Balaban J connectivity index is 1.55. The van der Waals surface area contributed by atoms with Crippen molar-refractivity contribution in [1.29, 1.82) is 0 Å². The van der Waals surface area contributed by atoms with Crippen molar-refractivity contribution in [3.8, 4) is 0 Å². The van der Waals surface area contributed by atoms with Crippen LogP contribution in [0, 0.1) is 0 Å². The maximum atomic E-state index is 12.4. The van der Waals surface area contributed by atoms with Crippen molar-refractivity contribution in [3.63, 3.8) is 0 Å². The molecule has 0 aliphatic carbocycles. The van der Waals surface area contributed by atoms with Gasteiger partial charge in [-0.1, -0.05) is 30.3 Å². The molecule has 6 nitrogen and oxygen atoms in total. The Morgan fingerprint density at radius 2 is 1.60 bits per heavy atom. The van der Waals surface area contributed by atoms with Crippen LogP contribution in [0.4, 0.5) is 0 Å². The van der Waals surface area contributed by atoms with Gasteiger partial charge in [-0.05, 0) is 60.9 Å². The first-order chi connectivity index (χ1) is 14.3. The number of sulfonamides is 1. The van der Waals surface area contributed by atoms with Crippen molar-refractivity contribution in [2.24, 2.45) is 0 Å². The lowest BCUT2D eigenvalue weighted by molar-refractivity contribution is 0.0951. The zero-order valence-corrected chi connectivity index (χ0v) is 18.6. The van der Waals surface area contributed by atoms with Gasteiger partial charge in [0.05, 0.1) is 4.90 Å². The molecule has 0 spiro atoms. The highest BCUT2D eigenvalue weighted by Gasteiger charge is 2.15. The molecule has 0 bridgehead atoms. The van der Waals surface area contributed by atoms with E-state index < -0.39 is 10.0 Å². The number of amides is 1. The molecule has 158 valence electrons. The minimum absolute atomic E-state index is 0.132. The lowest BCUT2D eigenvalue weighted by Crippen LogP contribution is -2.24. The second kappa shape index (κ2) is 9.99. The van der Waals surface area contributed by atoms with Crippen molar-refractivity contribution in [2.45, 2.75) is 24.5 Å². The lowest BCUT2D eigenvalue weighted by Gasteiger charge is -2.11. The van der Waals surface area contributed by atoms with Gasteiger partial charge < -0.3 is 10.2 Å². The minimum atomic E-state index is -3.63. The minimum Gasteiger partial charge on any atom is -0.348 e. The molecule has 3 aromatic rings. The summed E-state index contributed by atoms with van der Waals surface area (Å²) < 4.78 is 27.4. The molecule has 0 unspecified atom stereocenters. The molecule has 1 amide bonds. The summed E-state index contributed by atoms with van der Waals surface area (Å²) in [6.07, 6.45) is 0. The molecule has 3 rings (SSSR count). The van der Waals surface area contributed by atoms with E-state index in [4.69, 9.17) is 0 Å². The van der Waals surface area contributed by atoms with Crippen molar-refractivity contribution >= 4 is 27.3 Å². The molecule has 1 heterocycles. The third-order valence-corrected chi connectivity index (χ3v) is 6.71. The second-order valence-corrected chi connectivity index (χ2v) is 9.96. The molecule has 0 fully saturated rings. The number of hydrogen-bond acceptors (Lipinski definition) is 5. The summed E-state index contributed by atoms with van der Waals surface area (Å²) in [5.74, 6) is -0.247. The Morgan fingerprint density at radius 1 is 0.933 bits per heavy atom. The maximum Gasteiger partial charge on any atom is 0.251 e. The first-order valence-electron chi connectivity index (χ1n) is 9.46. The van der Waals surface area contributed by atoms with Crippen molar-refractivity contribution in [2.75, 3.05) is 14.1 Å². The van der Waals surface area contributed by atoms with E-state index in [-0.39, 0.29) is 17.3 Å². The number of hydrogen-bond donors (Lipinski definition) is 2. The summed E-state index contributed by atoms with van der Waals surface area (Å²) in [4.78, 5) is 15.6. The molecule has 0 aliphatic heterocycles. The summed E-state index contributed by atoms with van der Waals surface area (Å²) >= 11 is 1.49. The standard InChI is InChI=1S/C22H25N3O3S2/c1-25(2)16-18-7-5-17(6-8-18)14-23-22(26)19-9-11-21(12-10-19)30(27,28)24-15-20-4-3-13-29-20/h3-13,24H,14-16H2,1-2H3,(H,23,26). The number of carbonyl (C=O) groups is 1. The number of thiophene rings is 1. The summed E-state index contributed by atoms with van der Waals surface area (Å²) in [5.41, 5.74) is 2.62. The number of nitrogens with one attached hydrogen (secondary N) is 2. The van der Waals surface area contributed by atoms with E-state index in [1.807, 2.05) is 55.9 Å². The van der Waals surface area contributed by atoms with Gasteiger partial charge in [0.1, 0.15) is 0 Å². The fraction of sp³-hybridized carbons (Fsp3) is 0.227. The average Bonchev–Trinajstić information content (AvgIpc) is 3.25. The quantitative estimate of drug-likeness (QED) is 0.532. The number of nitrogens with zero attached hydrogens (tertiary/aromatic N) is 1. The Morgan fingerprint density at radius 3 is 2.20 bits per heavy atom. The normalized spacial score (nSPS) is 11.6. The van der Waals surface area contributed by atoms with Crippen LogP contribution in [0.25, 0.3) is 0 Å². The number of benzene rings is 2. The molecular weight excluding hydrogens is 418 g/mol. The monoisotopic (exact) mass is 443 g/mol. The fourth-order valence-corrected chi connectivity index (χ4v) is 4.60. The van der Waals surface area contributed by atoms with Crippen LogP contribution in [0.15, 0.2) is 70.9 Å². The van der Waals surface area contributed by atoms with Crippen LogP contribution in [0.1, 0.15) is 26.4 Å². The Bertz CT molecular complexity index is 1060. The Labute approximate surface area is 181 Å². The smallest absolute Gasteiger partial charge is 0.251 e. The molecule has 0 radical (unpaired) electrons. The molecule has 1 aromatic heterocycles. The van der Waals surface area contributed by atoms with Gasteiger partial charge in [0.2, 0.25) is 10.0 Å². The second-order valence-electron chi connectivity index (χ2n) is 7.17. The summed E-state index contributed by atoms with van der Waals surface area (Å²) in [7, 11) is 0.411. The Kier molecular flexibility index (Phi) is 7.38. The maximum absolute atomic E-state index is 12.4. The summed E-state index contributed by atoms with van der Waals surface area (Å²) in [6.45, 7) is 1.52. The zero-order chi connectivity index (χ0) is 21.6. The number of carbonyl (C=O) groups excluding carboxylic acids is 1. The van der Waals surface area contributed by atoms with Crippen LogP contribution in [-0.2, 0) is 29.7 Å². The number of rotatable bonds is 9. The van der Waals surface area contributed by atoms with E-state index >= 15 is 0 Å². The van der Waals surface area contributed by atoms with Gasteiger partial charge >= 0.3 is 0 Å². The van der Waals surface area contributed by atoms with Crippen molar-refractivity contribution in [3.05, 3.63) is 87.6 Å². The third-order valence-electron chi connectivity index (χ3n) is 4.42. The van der Waals surface area contributed by atoms with Gasteiger partial charge in [-0.25, -0.2) is 13.1 Å². The van der Waals surface area contributed by atoms with Gasteiger partial charge in [-0.2, -0.15) is 0 Å². The van der Waals surface area contributed by atoms with Crippen LogP contribution in [-0.4, -0.2) is 33.3 Å². The first-order valence-corrected chi connectivity index (χ1v) is 11.8. The van der Waals surface area contributed by atoms with Crippen LogP contribution in [0.2, 0.25) is 0 Å². The fourth-order valence-electron chi connectivity index (χ4n) is 2.86. The summed E-state index contributed by atoms with van der Waals surface area (Å²) in [5, 5.41) is 4.76. The third kappa shape index (κ3) is 6.24. The predicted molar refractivity (Wildman–Crippen MR) is 120 cm³/mol. The van der Waals surface area contributed by atoms with Crippen molar-refractivity contribution in [1.82, 2.24) is 14.9 Å². The molecule has 0 atom stereocenters. The van der Waals surface area contributed by atoms with E-state index in [9.17, 15) is 13.2 Å². The van der Waals surface area contributed by atoms with Crippen LogP contribution in [0.5, 0.6) is 0 Å². The molecule has 0 saturated heterocycles. The van der Waals surface area contributed by atoms with Crippen LogP contribution >= 0.6 is 11.3 Å². The topological polar surface area (TPSA) is 78.5 Å². The molecule has 2 N–H and O–H groups in total. The molecule has 8 heteroatoms. The highest BCUT2D eigenvalue weighted by Crippen LogP contribution is 2.14. The molecule has 0 aliphatic rings. The van der Waals surface area contributed by atoms with E-state index in [0.717, 1.165) is 17.0 Å². The first kappa shape index (κ1) is 22.2. The molecule has 0 saturated carbocycles.